The molecule has 0 unspecified atom stereocenters. The van der Waals surface area contributed by atoms with Crippen LogP contribution in [0.1, 0.15) is 0 Å². The Bertz CT molecular complexity index is 2380. The first-order valence-corrected chi connectivity index (χ1v) is 15.2. The van der Waals surface area contributed by atoms with Crippen LogP contribution in [0.5, 0.6) is 0 Å². The molecule has 0 aliphatic heterocycles. The minimum Gasteiger partial charge on any atom is -0.253 e. The van der Waals surface area contributed by atoms with Crippen molar-refractivity contribution >= 4 is 84.8 Å². The maximum atomic E-state index is 15.8. The molecule has 0 radical (unpaired) electrons. The van der Waals surface area contributed by atoms with E-state index in [9.17, 15) is 0 Å². The van der Waals surface area contributed by atoms with E-state index in [0.29, 0.717) is 11.0 Å². The molecule has 4 heterocycles. The molecule has 5 aromatic carbocycles. The molecule has 9 aromatic rings. The number of thiophene rings is 2. The molecule has 0 spiro atoms. The van der Waals surface area contributed by atoms with Gasteiger partial charge in [-0.15, -0.1) is 22.7 Å². The van der Waals surface area contributed by atoms with Crippen LogP contribution in [-0.2, 0) is 0 Å². The van der Waals surface area contributed by atoms with Crippen molar-refractivity contribution in [3.05, 3.63) is 121 Å². The number of rotatable bonds is 2. The minimum atomic E-state index is -0.908. The third-order valence-corrected chi connectivity index (χ3v) is 10.5. The van der Waals surface area contributed by atoms with Gasteiger partial charge in [-0.25, -0.2) is 8.78 Å². The van der Waals surface area contributed by atoms with Crippen LogP contribution in [0, 0.1) is 11.6 Å². The molecule has 0 saturated heterocycles. The van der Waals surface area contributed by atoms with Gasteiger partial charge in [-0.2, -0.15) is 0 Å². The van der Waals surface area contributed by atoms with Crippen LogP contribution in [0.2, 0.25) is 0 Å². The maximum Gasteiger partial charge on any atom is 0.169 e. The number of halogens is 2. The van der Waals surface area contributed by atoms with Gasteiger partial charge < -0.3 is 0 Å². The summed E-state index contributed by atoms with van der Waals surface area (Å²) in [4.78, 5) is 9.33. The number of benzene rings is 5. The van der Waals surface area contributed by atoms with E-state index in [0.717, 1.165) is 42.4 Å². The zero-order valence-corrected chi connectivity index (χ0v) is 23.5. The van der Waals surface area contributed by atoms with Gasteiger partial charge in [0, 0.05) is 85.8 Å². The zero-order valence-electron chi connectivity index (χ0n) is 21.9. The fourth-order valence-electron chi connectivity index (χ4n) is 6.12. The molecule has 0 atom stereocenters. The lowest BCUT2D eigenvalue weighted by molar-refractivity contribution is 0.525. The van der Waals surface area contributed by atoms with Crippen molar-refractivity contribution in [3.63, 3.8) is 0 Å². The highest BCUT2D eigenvalue weighted by atomic mass is 32.1. The van der Waals surface area contributed by atoms with Gasteiger partial charge in [-0.1, -0.05) is 72.8 Å². The lowest BCUT2D eigenvalue weighted by atomic mass is 9.99. The lowest BCUT2D eigenvalue weighted by Gasteiger charge is -2.11. The molecule has 0 aliphatic carbocycles. The Balaban J connectivity index is 1.24. The molecule has 0 bridgehead atoms. The van der Waals surface area contributed by atoms with Crippen molar-refractivity contribution in [2.75, 3.05) is 0 Å². The second-order valence-corrected chi connectivity index (χ2v) is 12.5. The quantitative estimate of drug-likeness (QED) is 0.190. The van der Waals surface area contributed by atoms with Crippen LogP contribution in [0.15, 0.2) is 109 Å². The molecule has 0 N–H and O–H groups in total. The van der Waals surface area contributed by atoms with Gasteiger partial charge in [0.25, 0.3) is 0 Å². The Morgan fingerprint density at radius 1 is 0.452 bits per heavy atom. The van der Waals surface area contributed by atoms with Crippen LogP contribution >= 0.6 is 22.7 Å². The first kappa shape index (κ1) is 23.9. The van der Waals surface area contributed by atoms with Crippen LogP contribution in [0.3, 0.4) is 0 Å². The van der Waals surface area contributed by atoms with Crippen molar-refractivity contribution in [1.82, 2.24) is 9.97 Å². The Kier molecular flexibility index (Phi) is 5.04. The molecule has 42 heavy (non-hydrogen) atoms. The third-order valence-electron chi connectivity index (χ3n) is 8.10. The van der Waals surface area contributed by atoms with Crippen LogP contribution in [-0.4, -0.2) is 9.97 Å². The molecule has 198 valence electrons. The van der Waals surface area contributed by atoms with E-state index in [1.54, 1.807) is 47.2 Å². The van der Waals surface area contributed by atoms with Crippen LogP contribution in [0.25, 0.3) is 84.4 Å². The fraction of sp³-hybridized carbons (Fsp3) is 0. The molecule has 0 aliphatic rings. The van der Waals surface area contributed by atoms with Gasteiger partial charge >= 0.3 is 0 Å². The summed E-state index contributed by atoms with van der Waals surface area (Å²) in [5.41, 5.74) is 4.08. The topological polar surface area (TPSA) is 25.8 Å². The highest BCUT2D eigenvalue weighted by Crippen LogP contribution is 2.43. The zero-order chi connectivity index (χ0) is 27.9. The predicted octanol–water partition coefficient (Wildman–Crippen LogP) is 11.1. The molecule has 9 rings (SSSR count). The second kappa shape index (κ2) is 8.86. The summed E-state index contributed by atoms with van der Waals surface area (Å²) in [6.45, 7) is 0. The standard InChI is InChI=1S/C36H18F2N2S2/c37-31-27-15-19(21-9-5-11-25-23-7-1-3-13-29(23)41-35(21)25)17-39-33(27)34-28(32(31)38)16-20(18-40-34)22-10-6-12-26-24-8-2-4-14-30(24)42-36(22)26/h1-18H. The molecular formula is C36H18F2N2S2. The fourth-order valence-corrected chi connectivity index (χ4v) is 8.60. The highest BCUT2D eigenvalue weighted by Gasteiger charge is 2.20. The van der Waals surface area contributed by atoms with Crippen molar-refractivity contribution in [2.24, 2.45) is 0 Å². The predicted molar refractivity (Wildman–Crippen MR) is 174 cm³/mol. The Hall–Kier alpha value is -4.78. The number of pyridine rings is 2. The summed E-state index contributed by atoms with van der Waals surface area (Å²) in [7, 11) is 0. The molecule has 0 amide bonds. The van der Waals surface area contributed by atoms with Gasteiger partial charge in [0.05, 0.1) is 11.0 Å². The largest absolute Gasteiger partial charge is 0.253 e. The Morgan fingerprint density at radius 3 is 1.36 bits per heavy atom. The van der Waals surface area contributed by atoms with Gasteiger partial charge in [0.15, 0.2) is 11.6 Å². The Labute approximate surface area is 246 Å². The number of hydrogen-bond donors (Lipinski definition) is 0. The van der Waals surface area contributed by atoms with E-state index in [-0.39, 0.29) is 10.8 Å². The number of nitrogens with zero attached hydrogens (tertiary/aromatic N) is 2. The molecule has 2 nitrogen and oxygen atoms in total. The summed E-state index contributed by atoms with van der Waals surface area (Å²) >= 11 is 3.39. The van der Waals surface area contributed by atoms with Crippen molar-refractivity contribution in [2.45, 2.75) is 0 Å². The lowest BCUT2D eigenvalue weighted by Crippen LogP contribution is -1.96. The Morgan fingerprint density at radius 2 is 0.881 bits per heavy atom. The second-order valence-electron chi connectivity index (χ2n) is 10.4. The van der Waals surface area contributed by atoms with E-state index in [4.69, 9.17) is 0 Å². The van der Waals surface area contributed by atoms with Crippen LogP contribution < -0.4 is 0 Å². The van der Waals surface area contributed by atoms with Gasteiger partial charge in [0.1, 0.15) is 0 Å². The van der Waals surface area contributed by atoms with Gasteiger partial charge in [0.2, 0.25) is 0 Å². The summed E-state index contributed by atoms with van der Waals surface area (Å²) in [5.74, 6) is -1.82. The maximum absolute atomic E-state index is 15.8. The SMILES string of the molecule is Fc1c(F)c2cc(-c3cccc4c3sc3ccccc34)cnc2c2ncc(-c3cccc4c3sc3ccccc34)cc12. The smallest absolute Gasteiger partial charge is 0.169 e. The number of fused-ring (bicyclic) bond motifs is 9. The number of aromatic nitrogens is 2. The first-order valence-electron chi connectivity index (χ1n) is 13.5. The van der Waals surface area contributed by atoms with E-state index < -0.39 is 11.6 Å². The van der Waals surface area contributed by atoms with E-state index in [2.05, 4.69) is 46.4 Å². The van der Waals surface area contributed by atoms with E-state index in [1.807, 2.05) is 48.5 Å². The molecule has 0 fully saturated rings. The highest BCUT2D eigenvalue weighted by molar-refractivity contribution is 7.26. The summed E-state index contributed by atoms with van der Waals surface area (Å²) < 4.78 is 36.1. The van der Waals surface area contributed by atoms with E-state index >= 15 is 8.78 Å². The van der Waals surface area contributed by atoms with Crippen molar-refractivity contribution in [1.29, 1.82) is 0 Å². The number of hydrogen-bond acceptors (Lipinski definition) is 4. The average Bonchev–Trinajstić information content (AvgIpc) is 3.62. The monoisotopic (exact) mass is 580 g/mol. The van der Waals surface area contributed by atoms with Crippen molar-refractivity contribution in [3.8, 4) is 22.3 Å². The summed E-state index contributed by atoms with van der Waals surface area (Å²) in [6.07, 6.45) is 3.48. The van der Waals surface area contributed by atoms with Crippen molar-refractivity contribution < 1.29 is 8.78 Å². The van der Waals surface area contributed by atoms with E-state index in [1.165, 1.54) is 20.2 Å². The third kappa shape index (κ3) is 3.33. The molecule has 0 saturated carbocycles. The van der Waals surface area contributed by atoms with Gasteiger partial charge in [-0.3, -0.25) is 9.97 Å². The first-order chi connectivity index (χ1) is 20.7. The molecular weight excluding hydrogens is 563 g/mol. The van der Waals surface area contributed by atoms with Crippen LogP contribution in [0.4, 0.5) is 8.78 Å². The van der Waals surface area contributed by atoms with Gasteiger partial charge in [-0.05, 0) is 24.3 Å². The summed E-state index contributed by atoms with van der Waals surface area (Å²) in [6, 6.07) is 32.2. The molecule has 6 heteroatoms. The summed E-state index contributed by atoms with van der Waals surface area (Å²) in [5, 5.41) is 4.90. The molecule has 4 aromatic heterocycles. The average molecular weight is 581 g/mol. The minimum absolute atomic E-state index is 0.127. The normalized spacial score (nSPS) is 12.0.